The minimum Gasteiger partial charge on any atom is -0.459 e. The van der Waals surface area contributed by atoms with Crippen molar-refractivity contribution >= 4 is 29.3 Å². The van der Waals surface area contributed by atoms with Gasteiger partial charge >= 0.3 is 12.0 Å². The molecule has 1 aliphatic rings. The van der Waals surface area contributed by atoms with Crippen molar-refractivity contribution in [2.45, 2.75) is 39.8 Å². The van der Waals surface area contributed by atoms with Crippen LogP contribution in [0.3, 0.4) is 0 Å². The summed E-state index contributed by atoms with van der Waals surface area (Å²) in [5, 5.41) is 16.6. The van der Waals surface area contributed by atoms with Crippen LogP contribution in [0.15, 0.2) is 53.7 Å². The fourth-order valence-corrected chi connectivity index (χ4v) is 3.54. The number of urea groups is 1. The van der Waals surface area contributed by atoms with E-state index >= 15 is 0 Å². The van der Waals surface area contributed by atoms with E-state index in [1.807, 2.05) is 0 Å². The molecule has 0 aliphatic carbocycles. The van der Waals surface area contributed by atoms with Crippen LogP contribution in [0.5, 0.6) is 0 Å². The van der Waals surface area contributed by atoms with Crippen molar-refractivity contribution in [3.05, 3.63) is 80.5 Å². The van der Waals surface area contributed by atoms with E-state index in [1.54, 1.807) is 59.0 Å². The number of nitrogens with one attached hydrogen (secondary N) is 2. The number of carbonyl (C=O) groups excluding carboxylic acids is 3. The molecule has 0 saturated heterocycles. The van der Waals surface area contributed by atoms with E-state index < -0.39 is 22.8 Å². The smallest absolute Gasteiger partial charge is 0.338 e. The van der Waals surface area contributed by atoms with Gasteiger partial charge in [-0.15, -0.1) is 0 Å². The number of aryl methyl sites for hydroxylation is 1. The third-order valence-corrected chi connectivity index (χ3v) is 5.49. The number of ether oxygens (including phenoxy) is 1. The van der Waals surface area contributed by atoms with Gasteiger partial charge in [0.05, 0.1) is 22.6 Å². The van der Waals surface area contributed by atoms with Crippen molar-refractivity contribution in [1.82, 2.24) is 10.2 Å². The molecule has 2 aromatic carbocycles. The highest BCUT2D eigenvalue weighted by Crippen LogP contribution is 2.31. The Morgan fingerprint density at radius 1 is 1.15 bits per heavy atom. The molecule has 10 heteroatoms. The molecule has 1 aliphatic heterocycles. The molecule has 2 aromatic rings. The number of amides is 3. The molecule has 3 amide bonds. The van der Waals surface area contributed by atoms with Crippen LogP contribution in [-0.4, -0.2) is 40.9 Å². The summed E-state index contributed by atoms with van der Waals surface area (Å²) in [6.45, 7) is 6.77. The van der Waals surface area contributed by atoms with Gasteiger partial charge in [0.1, 0.15) is 0 Å². The number of nitro groups is 1. The molecule has 178 valence electrons. The Balaban J connectivity index is 1.84. The highest BCUT2D eigenvalue weighted by molar-refractivity contribution is 6.04. The van der Waals surface area contributed by atoms with E-state index in [0.717, 1.165) is 0 Å². The zero-order chi connectivity index (χ0) is 25.2. The molecule has 1 heterocycles. The van der Waals surface area contributed by atoms with Crippen LogP contribution < -0.4 is 10.6 Å². The number of carbonyl (C=O) groups is 3. The average molecular weight is 466 g/mol. The Hall–Kier alpha value is -4.21. The highest BCUT2D eigenvalue weighted by atomic mass is 16.6. The topological polar surface area (TPSA) is 131 Å². The maximum absolute atomic E-state index is 12.8. The summed E-state index contributed by atoms with van der Waals surface area (Å²) in [5.41, 5.74) is 2.35. The fourth-order valence-electron chi connectivity index (χ4n) is 3.54. The minimum absolute atomic E-state index is 0.135. The average Bonchev–Trinajstić information content (AvgIpc) is 2.77. The zero-order valence-electron chi connectivity index (χ0n) is 19.5. The predicted molar refractivity (Wildman–Crippen MR) is 125 cm³/mol. The normalized spacial score (nSPS) is 15.8. The van der Waals surface area contributed by atoms with Crippen LogP contribution in [0.2, 0.25) is 0 Å². The Morgan fingerprint density at radius 3 is 2.38 bits per heavy atom. The molecule has 0 radical (unpaired) electrons. The quantitative estimate of drug-likeness (QED) is 0.375. The van der Waals surface area contributed by atoms with Gasteiger partial charge in [-0.1, -0.05) is 18.2 Å². The van der Waals surface area contributed by atoms with Crippen LogP contribution in [0.25, 0.3) is 0 Å². The molecular formula is C24H26N4O6. The maximum Gasteiger partial charge on any atom is 0.338 e. The molecule has 0 fully saturated rings. The van der Waals surface area contributed by atoms with Crippen LogP contribution in [-0.2, 0) is 9.53 Å². The zero-order valence-corrected chi connectivity index (χ0v) is 19.5. The summed E-state index contributed by atoms with van der Waals surface area (Å²) in [7, 11) is 1.57. The standard InChI is InChI=1S/C24H26N4O6/c1-13(2)34-23(30)20-15(4)27(5)24(31)26-21(20)16-8-10-18(11-9-16)25-22(29)17-7-6-14(3)19(12-17)28(32)33/h6-13,21H,1-5H3,(H,25,29)(H,26,31). The molecule has 0 saturated carbocycles. The van der Waals surface area contributed by atoms with Gasteiger partial charge in [0.2, 0.25) is 0 Å². The summed E-state index contributed by atoms with van der Waals surface area (Å²) in [6, 6.07) is 9.79. The van der Waals surface area contributed by atoms with Crippen LogP contribution in [0, 0.1) is 17.0 Å². The first kappa shape index (κ1) is 24.4. The van der Waals surface area contributed by atoms with Gasteiger partial charge < -0.3 is 20.3 Å². The molecule has 1 atom stereocenters. The molecule has 34 heavy (non-hydrogen) atoms. The molecule has 0 aromatic heterocycles. The Labute approximate surface area is 196 Å². The molecule has 3 rings (SSSR count). The summed E-state index contributed by atoms with van der Waals surface area (Å²) in [6.07, 6.45) is -0.327. The molecule has 10 nitrogen and oxygen atoms in total. The lowest BCUT2D eigenvalue weighted by Gasteiger charge is -2.33. The number of allylic oxidation sites excluding steroid dienone is 1. The van der Waals surface area contributed by atoms with Gasteiger partial charge in [-0.2, -0.15) is 0 Å². The van der Waals surface area contributed by atoms with Crippen molar-refractivity contribution in [3.63, 3.8) is 0 Å². The highest BCUT2D eigenvalue weighted by Gasteiger charge is 2.35. The summed E-state index contributed by atoms with van der Waals surface area (Å²) in [4.78, 5) is 49.7. The third kappa shape index (κ3) is 5.06. The summed E-state index contributed by atoms with van der Waals surface area (Å²) in [5.74, 6) is -1.02. The van der Waals surface area contributed by atoms with Crippen LogP contribution >= 0.6 is 0 Å². The predicted octanol–water partition coefficient (Wildman–Crippen LogP) is 4.08. The summed E-state index contributed by atoms with van der Waals surface area (Å²) < 4.78 is 5.38. The van der Waals surface area contributed by atoms with E-state index in [9.17, 15) is 24.5 Å². The number of rotatable bonds is 6. The van der Waals surface area contributed by atoms with E-state index in [4.69, 9.17) is 4.74 Å². The number of benzene rings is 2. The first-order valence-electron chi connectivity index (χ1n) is 10.6. The van der Waals surface area contributed by atoms with E-state index in [0.29, 0.717) is 28.1 Å². The van der Waals surface area contributed by atoms with E-state index in [1.165, 1.54) is 23.1 Å². The Morgan fingerprint density at radius 2 is 1.79 bits per heavy atom. The monoisotopic (exact) mass is 466 g/mol. The summed E-state index contributed by atoms with van der Waals surface area (Å²) >= 11 is 0. The number of hydrogen-bond acceptors (Lipinski definition) is 6. The molecule has 2 N–H and O–H groups in total. The van der Waals surface area contributed by atoms with E-state index in [2.05, 4.69) is 10.6 Å². The van der Waals surface area contributed by atoms with Gasteiger partial charge in [-0.3, -0.25) is 14.9 Å². The van der Waals surface area contributed by atoms with Gasteiger partial charge in [0, 0.05) is 35.6 Å². The molecule has 0 spiro atoms. The number of hydrogen-bond donors (Lipinski definition) is 2. The molecule has 1 unspecified atom stereocenters. The Bertz CT molecular complexity index is 1190. The third-order valence-electron chi connectivity index (χ3n) is 5.49. The lowest BCUT2D eigenvalue weighted by molar-refractivity contribution is -0.385. The van der Waals surface area contributed by atoms with Gasteiger partial charge in [-0.25, -0.2) is 9.59 Å². The molecular weight excluding hydrogens is 440 g/mol. The number of esters is 1. The lowest BCUT2D eigenvalue weighted by Crippen LogP contribution is -2.46. The van der Waals surface area contributed by atoms with Crippen molar-refractivity contribution in [2.75, 3.05) is 12.4 Å². The van der Waals surface area contributed by atoms with Gasteiger partial charge in [0.15, 0.2) is 0 Å². The van der Waals surface area contributed by atoms with Gasteiger partial charge in [-0.05, 0) is 51.5 Å². The second kappa shape index (κ2) is 9.74. The van der Waals surface area contributed by atoms with Gasteiger partial charge in [0.25, 0.3) is 11.6 Å². The SMILES string of the molecule is CC1=C(C(=O)OC(C)C)C(c2ccc(NC(=O)c3ccc(C)c([N+](=O)[O-])c3)cc2)NC(=O)N1C. The second-order valence-electron chi connectivity index (χ2n) is 8.23. The first-order valence-corrected chi connectivity index (χ1v) is 10.6. The van der Waals surface area contributed by atoms with Crippen LogP contribution in [0.1, 0.15) is 48.3 Å². The van der Waals surface area contributed by atoms with Crippen LogP contribution in [0.4, 0.5) is 16.2 Å². The number of anilines is 1. The molecule has 0 bridgehead atoms. The van der Waals surface area contributed by atoms with E-state index in [-0.39, 0.29) is 23.4 Å². The van der Waals surface area contributed by atoms with Crippen molar-refractivity contribution in [1.29, 1.82) is 0 Å². The maximum atomic E-state index is 12.8. The number of nitrogens with zero attached hydrogens (tertiary/aromatic N) is 2. The number of nitro benzene ring substituents is 1. The minimum atomic E-state index is -0.723. The lowest BCUT2D eigenvalue weighted by atomic mass is 9.95. The Kier molecular flexibility index (Phi) is 7.00. The largest absolute Gasteiger partial charge is 0.459 e. The first-order chi connectivity index (χ1) is 16.0. The van der Waals surface area contributed by atoms with Crippen molar-refractivity contribution < 1.29 is 24.0 Å². The fraction of sp³-hybridized carbons (Fsp3) is 0.292. The van der Waals surface area contributed by atoms with Crippen molar-refractivity contribution in [3.8, 4) is 0 Å². The second-order valence-corrected chi connectivity index (χ2v) is 8.23. The van der Waals surface area contributed by atoms with Crippen molar-refractivity contribution in [2.24, 2.45) is 0 Å².